The van der Waals surface area contributed by atoms with E-state index < -0.39 is 0 Å². The summed E-state index contributed by atoms with van der Waals surface area (Å²) in [7, 11) is 0. The first kappa shape index (κ1) is 12.6. The molecule has 0 aromatic carbocycles. The molecule has 2 heterocycles. The van der Waals surface area contributed by atoms with Gasteiger partial charge in [-0.1, -0.05) is 13.3 Å². The lowest BCUT2D eigenvalue weighted by Gasteiger charge is -2.20. The maximum atomic E-state index is 11.6. The van der Waals surface area contributed by atoms with Crippen LogP contribution < -0.4 is 10.9 Å². The Morgan fingerprint density at radius 1 is 1.59 bits per heavy atom. The van der Waals surface area contributed by atoms with Crippen LogP contribution in [0.15, 0.2) is 10.9 Å². The van der Waals surface area contributed by atoms with Gasteiger partial charge in [-0.2, -0.15) is 11.8 Å². The van der Waals surface area contributed by atoms with Gasteiger partial charge in [0, 0.05) is 12.6 Å². The van der Waals surface area contributed by atoms with Crippen LogP contribution in [0.3, 0.4) is 0 Å². The third kappa shape index (κ3) is 3.57. The van der Waals surface area contributed by atoms with Gasteiger partial charge in [0.05, 0.1) is 10.9 Å². The minimum Gasteiger partial charge on any atom is -0.311 e. The number of nitrogens with one attached hydrogen (secondary N) is 2. The van der Waals surface area contributed by atoms with Gasteiger partial charge < -0.3 is 10.3 Å². The Morgan fingerprint density at radius 3 is 3.18 bits per heavy atom. The molecule has 1 atom stereocenters. The highest BCUT2D eigenvalue weighted by Crippen LogP contribution is 2.35. The van der Waals surface area contributed by atoms with Gasteiger partial charge in [0.15, 0.2) is 0 Å². The van der Waals surface area contributed by atoms with Gasteiger partial charge in [0.25, 0.3) is 5.56 Å². The second-order valence-electron chi connectivity index (χ2n) is 4.26. The Kier molecular flexibility index (Phi) is 4.62. The number of H-pyrrole nitrogens is 1. The van der Waals surface area contributed by atoms with Gasteiger partial charge in [0.1, 0.15) is 5.82 Å². The number of thioether (sulfide) groups is 1. The quantitative estimate of drug-likeness (QED) is 0.859. The fourth-order valence-electron chi connectivity index (χ4n) is 1.98. The number of aromatic amines is 1. The molecule has 0 amide bonds. The van der Waals surface area contributed by atoms with Crippen LogP contribution >= 0.6 is 11.8 Å². The lowest BCUT2D eigenvalue weighted by atomic mass is 10.2. The number of aromatic nitrogens is 2. The summed E-state index contributed by atoms with van der Waals surface area (Å²) in [6, 6.07) is 1.58. The third-order valence-corrected chi connectivity index (χ3v) is 4.24. The summed E-state index contributed by atoms with van der Waals surface area (Å²) < 4.78 is 0. The lowest BCUT2D eigenvalue weighted by molar-refractivity contribution is 0.646. The molecule has 1 aromatic rings. The number of nitrogens with zero attached hydrogens (tertiary/aromatic N) is 1. The summed E-state index contributed by atoms with van der Waals surface area (Å²) in [5, 5.41) is 3.57. The van der Waals surface area contributed by atoms with Crippen molar-refractivity contribution >= 4 is 11.8 Å². The van der Waals surface area contributed by atoms with Crippen molar-refractivity contribution in [3.63, 3.8) is 0 Å². The van der Waals surface area contributed by atoms with E-state index in [4.69, 9.17) is 0 Å². The molecule has 1 aliphatic heterocycles. The normalized spacial score (nSPS) is 20.4. The molecule has 1 aliphatic rings. The van der Waals surface area contributed by atoms with Crippen molar-refractivity contribution in [3.8, 4) is 0 Å². The van der Waals surface area contributed by atoms with Crippen molar-refractivity contribution in [2.45, 2.75) is 38.0 Å². The molecular weight excluding hydrogens is 234 g/mol. The Balaban J connectivity index is 2.15. The van der Waals surface area contributed by atoms with Gasteiger partial charge in [0.2, 0.25) is 0 Å². The zero-order valence-electron chi connectivity index (χ0n) is 10.2. The maximum absolute atomic E-state index is 11.6. The smallest absolute Gasteiger partial charge is 0.251 e. The molecule has 0 saturated carbocycles. The van der Waals surface area contributed by atoms with Crippen LogP contribution in [-0.2, 0) is 6.54 Å². The Hall–Kier alpha value is -0.810. The van der Waals surface area contributed by atoms with Crippen molar-refractivity contribution in [1.29, 1.82) is 0 Å². The van der Waals surface area contributed by atoms with E-state index in [1.807, 2.05) is 18.7 Å². The van der Waals surface area contributed by atoms with E-state index >= 15 is 0 Å². The topological polar surface area (TPSA) is 57.8 Å². The van der Waals surface area contributed by atoms with E-state index in [0.29, 0.717) is 11.8 Å². The summed E-state index contributed by atoms with van der Waals surface area (Å²) >= 11 is 1.90. The molecule has 17 heavy (non-hydrogen) atoms. The van der Waals surface area contributed by atoms with Crippen molar-refractivity contribution < 1.29 is 0 Å². The second kappa shape index (κ2) is 6.21. The van der Waals surface area contributed by atoms with Crippen LogP contribution in [0.4, 0.5) is 0 Å². The maximum Gasteiger partial charge on any atom is 0.251 e. The monoisotopic (exact) mass is 253 g/mol. The Bertz CT molecular complexity index is 412. The zero-order chi connectivity index (χ0) is 12.1. The molecule has 4 nitrogen and oxygen atoms in total. The molecule has 0 aliphatic carbocycles. The van der Waals surface area contributed by atoms with Gasteiger partial charge >= 0.3 is 0 Å². The van der Waals surface area contributed by atoms with Gasteiger partial charge in [-0.05, 0) is 25.1 Å². The molecule has 2 N–H and O–H groups in total. The average Bonchev–Trinajstić information content (AvgIpc) is 2.37. The van der Waals surface area contributed by atoms with E-state index in [1.165, 1.54) is 18.6 Å². The fourth-order valence-corrected chi connectivity index (χ4v) is 3.24. The summed E-state index contributed by atoms with van der Waals surface area (Å²) in [6.07, 6.45) is 3.64. The van der Waals surface area contributed by atoms with E-state index in [1.54, 1.807) is 6.07 Å². The largest absolute Gasteiger partial charge is 0.311 e. The highest BCUT2D eigenvalue weighted by atomic mass is 32.2. The molecule has 0 spiro atoms. The highest BCUT2D eigenvalue weighted by molar-refractivity contribution is 7.99. The molecule has 2 rings (SSSR count). The molecular formula is C12H19N3OS. The predicted molar refractivity (Wildman–Crippen MR) is 71.3 cm³/mol. The van der Waals surface area contributed by atoms with Crippen LogP contribution in [0, 0.1) is 0 Å². The van der Waals surface area contributed by atoms with Crippen molar-refractivity contribution in [2.24, 2.45) is 0 Å². The standard InChI is InChI=1S/C12H19N3OS/c1-2-13-8-9-7-11(16)15-12(14-9)10-5-3-4-6-17-10/h7,10,13H,2-6,8H2,1H3,(H,14,15,16). The molecule has 1 saturated heterocycles. The third-order valence-electron chi connectivity index (χ3n) is 2.85. The van der Waals surface area contributed by atoms with E-state index in [2.05, 4.69) is 15.3 Å². The van der Waals surface area contributed by atoms with Crippen LogP contribution in [-0.4, -0.2) is 22.3 Å². The molecule has 1 aromatic heterocycles. The molecule has 0 radical (unpaired) electrons. The summed E-state index contributed by atoms with van der Waals surface area (Å²) in [6.45, 7) is 3.61. The van der Waals surface area contributed by atoms with Crippen LogP contribution in [0.2, 0.25) is 0 Å². The minimum atomic E-state index is -0.0333. The lowest BCUT2D eigenvalue weighted by Crippen LogP contribution is -2.20. The Labute approximate surface area is 106 Å². The van der Waals surface area contributed by atoms with Crippen LogP contribution in [0.1, 0.15) is 43.0 Å². The summed E-state index contributed by atoms with van der Waals surface area (Å²) in [4.78, 5) is 19.0. The summed E-state index contributed by atoms with van der Waals surface area (Å²) in [5.74, 6) is 2.03. The zero-order valence-corrected chi connectivity index (χ0v) is 11.0. The first-order valence-electron chi connectivity index (χ1n) is 6.22. The SMILES string of the molecule is CCNCc1cc(=O)[nH]c(C2CCCCS2)n1. The van der Waals surface area contributed by atoms with Crippen molar-refractivity contribution in [2.75, 3.05) is 12.3 Å². The van der Waals surface area contributed by atoms with Crippen molar-refractivity contribution in [3.05, 3.63) is 27.9 Å². The van der Waals surface area contributed by atoms with Crippen molar-refractivity contribution in [1.82, 2.24) is 15.3 Å². The van der Waals surface area contributed by atoms with E-state index in [0.717, 1.165) is 24.5 Å². The number of rotatable bonds is 4. The van der Waals surface area contributed by atoms with Gasteiger partial charge in [-0.3, -0.25) is 4.79 Å². The molecule has 94 valence electrons. The van der Waals surface area contributed by atoms with Gasteiger partial charge in [-0.15, -0.1) is 0 Å². The second-order valence-corrected chi connectivity index (χ2v) is 5.57. The minimum absolute atomic E-state index is 0.0333. The van der Waals surface area contributed by atoms with Crippen LogP contribution in [0.25, 0.3) is 0 Å². The fraction of sp³-hybridized carbons (Fsp3) is 0.667. The highest BCUT2D eigenvalue weighted by Gasteiger charge is 2.18. The molecule has 1 unspecified atom stereocenters. The van der Waals surface area contributed by atoms with Crippen LogP contribution in [0.5, 0.6) is 0 Å². The van der Waals surface area contributed by atoms with E-state index in [-0.39, 0.29) is 5.56 Å². The molecule has 5 heteroatoms. The van der Waals surface area contributed by atoms with E-state index in [9.17, 15) is 4.79 Å². The first-order chi connectivity index (χ1) is 8.29. The Morgan fingerprint density at radius 2 is 2.47 bits per heavy atom. The molecule has 1 fully saturated rings. The number of hydrogen-bond donors (Lipinski definition) is 2. The first-order valence-corrected chi connectivity index (χ1v) is 7.27. The summed E-state index contributed by atoms with van der Waals surface area (Å²) in [5.41, 5.74) is 0.811. The van der Waals surface area contributed by atoms with Gasteiger partial charge in [-0.25, -0.2) is 4.98 Å². The number of hydrogen-bond acceptors (Lipinski definition) is 4. The predicted octanol–water partition coefficient (Wildman–Crippen LogP) is 1.84. The molecule has 0 bridgehead atoms. The average molecular weight is 253 g/mol.